The summed E-state index contributed by atoms with van der Waals surface area (Å²) in [6.45, 7) is 3.66. The van der Waals surface area contributed by atoms with Crippen molar-refractivity contribution in [3.05, 3.63) is 30.1 Å². The SMILES string of the molecule is CSc1ccc(-c2nc(N3CCCN(C)CC3)nc(C(Cl)(Cl)Cl)n2)cc1. The average molecular weight is 433 g/mol. The molecule has 0 aliphatic carbocycles. The topological polar surface area (TPSA) is 45.2 Å². The second-order valence-electron chi connectivity index (χ2n) is 6.15. The van der Waals surface area contributed by atoms with Gasteiger partial charge in [-0.1, -0.05) is 46.9 Å². The van der Waals surface area contributed by atoms with Crippen molar-refractivity contribution < 1.29 is 0 Å². The first-order valence-electron chi connectivity index (χ1n) is 8.28. The minimum atomic E-state index is -1.70. The maximum Gasteiger partial charge on any atom is 0.250 e. The third-order valence-corrected chi connectivity index (χ3v) is 5.48. The molecular formula is C17H20Cl3N5S. The van der Waals surface area contributed by atoms with Crippen molar-refractivity contribution in [2.75, 3.05) is 44.4 Å². The molecule has 1 aliphatic rings. The van der Waals surface area contributed by atoms with Gasteiger partial charge in [-0.15, -0.1) is 11.8 Å². The van der Waals surface area contributed by atoms with Gasteiger partial charge < -0.3 is 9.80 Å². The van der Waals surface area contributed by atoms with E-state index < -0.39 is 3.79 Å². The van der Waals surface area contributed by atoms with Crippen molar-refractivity contribution >= 4 is 52.5 Å². The second kappa shape index (κ2) is 8.48. The van der Waals surface area contributed by atoms with E-state index in [0.717, 1.165) is 38.2 Å². The molecule has 1 fully saturated rings. The highest BCUT2D eigenvalue weighted by atomic mass is 35.6. The third kappa shape index (κ3) is 4.93. The number of benzene rings is 1. The van der Waals surface area contributed by atoms with Crippen LogP contribution in [0.2, 0.25) is 0 Å². The van der Waals surface area contributed by atoms with Crippen LogP contribution in [0, 0.1) is 0 Å². The molecule has 26 heavy (non-hydrogen) atoms. The number of alkyl halides is 3. The van der Waals surface area contributed by atoms with Crippen molar-refractivity contribution in [1.82, 2.24) is 19.9 Å². The van der Waals surface area contributed by atoms with Gasteiger partial charge in [0.2, 0.25) is 9.74 Å². The number of hydrogen-bond acceptors (Lipinski definition) is 6. The summed E-state index contributed by atoms with van der Waals surface area (Å²) < 4.78 is -1.70. The lowest BCUT2D eigenvalue weighted by atomic mass is 10.2. The van der Waals surface area contributed by atoms with Crippen LogP contribution >= 0.6 is 46.6 Å². The Bertz CT molecular complexity index is 751. The van der Waals surface area contributed by atoms with Crippen molar-refractivity contribution in [2.24, 2.45) is 0 Å². The highest BCUT2D eigenvalue weighted by Crippen LogP contribution is 2.37. The number of likely N-dealkylation sites (N-methyl/N-ethyl adjacent to an activating group) is 1. The van der Waals surface area contributed by atoms with Gasteiger partial charge in [0.05, 0.1) is 0 Å². The van der Waals surface area contributed by atoms with Gasteiger partial charge in [0, 0.05) is 30.1 Å². The van der Waals surface area contributed by atoms with E-state index in [-0.39, 0.29) is 5.82 Å². The molecule has 5 nitrogen and oxygen atoms in total. The van der Waals surface area contributed by atoms with Gasteiger partial charge >= 0.3 is 0 Å². The molecule has 0 N–H and O–H groups in total. The molecule has 0 amide bonds. The Labute approximate surface area is 173 Å². The minimum absolute atomic E-state index is 0.147. The number of thioether (sulfide) groups is 1. The monoisotopic (exact) mass is 431 g/mol. The second-order valence-corrected chi connectivity index (χ2v) is 9.31. The number of nitrogens with zero attached hydrogens (tertiary/aromatic N) is 5. The first-order valence-corrected chi connectivity index (χ1v) is 10.6. The van der Waals surface area contributed by atoms with Crippen molar-refractivity contribution in [3.8, 4) is 11.4 Å². The summed E-state index contributed by atoms with van der Waals surface area (Å²) in [5.74, 6) is 1.22. The van der Waals surface area contributed by atoms with Crippen LogP contribution in [-0.2, 0) is 3.79 Å². The molecule has 0 bridgehead atoms. The minimum Gasteiger partial charge on any atom is -0.339 e. The van der Waals surface area contributed by atoms with Gasteiger partial charge in [-0.3, -0.25) is 0 Å². The molecule has 2 aromatic rings. The third-order valence-electron chi connectivity index (χ3n) is 4.23. The van der Waals surface area contributed by atoms with E-state index in [4.69, 9.17) is 34.8 Å². The van der Waals surface area contributed by atoms with Crippen LogP contribution < -0.4 is 4.90 Å². The van der Waals surface area contributed by atoms with Gasteiger partial charge in [-0.25, -0.2) is 4.98 Å². The van der Waals surface area contributed by atoms with Crippen LogP contribution in [0.15, 0.2) is 29.2 Å². The predicted octanol–water partition coefficient (Wildman–Crippen LogP) is 4.23. The van der Waals surface area contributed by atoms with Gasteiger partial charge in [0.15, 0.2) is 11.6 Å². The van der Waals surface area contributed by atoms with Gasteiger partial charge in [-0.2, -0.15) is 9.97 Å². The van der Waals surface area contributed by atoms with Crippen LogP contribution in [0.1, 0.15) is 12.2 Å². The number of hydrogen-bond donors (Lipinski definition) is 0. The highest BCUT2D eigenvalue weighted by Gasteiger charge is 2.29. The number of rotatable bonds is 3. The summed E-state index contributed by atoms with van der Waals surface area (Å²) in [4.78, 5) is 19.1. The first kappa shape index (κ1) is 20.0. The van der Waals surface area contributed by atoms with Crippen LogP contribution in [0.25, 0.3) is 11.4 Å². The molecule has 3 rings (SSSR count). The highest BCUT2D eigenvalue weighted by molar-refractivity contribution is 7.98. The molecule has 9 heteroatoms. The quantitative estimate of drug-likeness (QED) is 0.534. The average Bonchev–Trinajstić information content (AvgIpc) is 2.85. The van der Waals surface area contributed by atoms with Gasteiger partial charge in [-0.05, 0) is 38.4 Å². The lowest BCUT2D eigenvalue weighted by molar-refractivity contribution is 0.360. The molecule has 0 spiro atoms. The Balaban J connectivity index is 2.00. The molecule has 0 unspecified atom stereocenters. The molecule has 0 saturated carbocycles. The zero-order valence-electron chi connectivity index (χ0n) is 14.6. The zero-order valence-corrected chi connectivity index (χ0v) is 17.7. The summed E-state index contributed by atoms with van der Waals surface area (Å²) >= 11 is 19.9. The van der Waals surface area contributed by atoms with Crippen LogP contribution in [0.3, 0.4) is 0 Å². The number of aromatic nitrogens is 3. The van der Waals surface area contributed by atoms with Crippen LogP contribution in [0.4, 0.5) is 5.95 Å². The molecule has 2 heterocycles. The standard InChI is InChI=1S/C17H20Cl3N5S/c1-24-8-3-9-25(11-10-24)16-22-14(21-15(23-16)17(18,19)20)12-4-6-13(26-2)7-5-12/h4-7H,3,8-11H2,1-2H3. The lowest BCUT2D eigenvalue weighted by Crippen LogP contribution is -2.31. The maximum atomic E-state index is 6.08. The van der Waals surface area contributed by atoms with Crippen LogP contribution in [-0.4, -0.2) is 59.3 Å². The predicted molar refractivity (Wildman–Crippen MR) is 111 cm³/mol. The molecule has 1 aromatic heterocycles. The van der Waals surface area contributed by atoms with Crippen molar-refractivity contribution in [2.45, 2.75) is 15.1 Å². The fourth-order valence-electron chi connectivity index (χ4n) is 2.75. The summed E-state index contributed by atoms with van der Waals surface area (Å²) in [5.41, 5.74) is 0.869. The Morgan fingerprint density at radius 2 is 1.69 bits per heavy atom. The maximum absolute atomic E-state index is 6.08. The molecular weight excluding hydrogens is 413 g/mol. The van der Waals surface area contributed by atoms with E-state index in [9.17, 15) is 0 Å². The largest absolute Gasteiger partial charge is 0.339 e. The Morgan fingerprint density at radius 3 is 2.35 bits per heavy atom. The molecule has 0 atom stereocenters. The zero-order chi connectivity index (χ0) is 18.7. The lowest BCUT2D eigenvalue weighted by Gasteiger charge is -2.22. The van der Waals surface area contributed by atoms with Crippen LogP contribution in [0.5, 0.6) is 0 Å². The Hall–Kier alpha value is -0.790. The van der Waals surface area contributed by atoms with Gasteiger partial charge in [0.25, 0.3) is 0 Å². The Morgan fingerprint density at radius 1 is 0.962 bits per heavy atom. The summed E-state index contributed by atoms with van der Waals surface area (Å²) in [5, 5.41) is 0. The van der Waals surface area contributed by atoms with Gasteiger partial charge in [0.1, 0.15) is 0 Å². The summed E-state index contributed by atoms with van der Waals surface area (Å²) in [6.07, 6.45) is 3.07. The fraction of sp³-hybridized carbons (Fsp3) is 0.471. The van der Waals surface area contributed by atoms with E-state index in [0.29, 0.717) is 11.8 Å². The summed E-state index contributed by atoms with van der Waals surface area (Å²) in [7, 11) is 2.11. The molecule has 1 aliphatic heterocycles. The smallest absolute Gasteiger partial charge is 0.250 e. The molecule has 140 valence electrons. The number of halogens is 3. The van der Waals surface area contributed by atoms with Crippen molar-refractivity contribution in [3.63, 3.8) is 0 Å². The van der Waals surface area contributed by atoms with Crippen molar-refractivity contribution in [1.29, 1.82) is 0 Å². The number of anilines is 1. The van der Waals surface area contributed by atoms with E-state index in [1.165, 1.54) is 4.90 Å². The van der Waals surface area contributed by atoms with E-state index >= 15 is 0 Å². The van der Waals surface area contributed by atoms with E-state index in [2.05, 4.69) is 31.8 Å². The molecule has 0 radical (unpaired) electrons. The molecule has 1 saturated heterocycles. The van der Waals surface area contributed by atoms with E-state index in [1.54, 1.807) is 11.8 Å². The van der Waals surface area contributed by atoms with E-state index in [1.807, 2.05) is 30.5 Å². The normalized spacial score (nSPS) is 16.6. The fourth-order valence-corrected chi connectivity index (χ4v) is 3.41. The molecule has 1 aromatic carbocycles. The summed E-state index contributed by atoms with van der Waals surface area (Å²) in [6, 6.07) is 8.01. The Kier molecular flexibility index (Phi) is 6.51. The first-order chi connectivity index (χ1) is 12.4.